The Bertz CT molecular complexity index is 699. The van der Waals surface area contributed by atoms with Crippen LogP contribution in [0.3, 0.4) is 0 Å². The van der Waals surface area contributed by atoms with Gasteiger partial charge in [0.2, 0.25) is 0 Å². The molecule has 0 aliphatic rings. The highest BCUT2D eigenvalue weighted by atomic mass is 16.5. The fourth-order valence-electron chi connectivity index (χ4n) is 1.90. The Morgan fingerprint density at radius 1 is 1.27 bits per heavy atom. The molecule has 2 aromatic rings. The first-order valence-electron chi connectivity index (χ1n) is 6.63. The molecule has 3 N–H and O–H groups in total. The lowest BCUT2D eigenvalue weighted by molar-refractivity contribution is 0.0956. The van der Waals surface area contributed by atoms with E-state index in [0.29, 0.717) is 16.9 Å². The van der Waals surface area contributed by atoms with E-state index in [0.717, 1.165) is 5.69 Å². The van der Waals surface area contributed by atoms with Gasteiger partial charge in [0, 0.05) is 12.7 Å². The lowest BCUT2D eigenvalue weighted by atomic mass is 10.1. The first kappa shape index (κ1) is 15.4. The number of para-hydroxylation sites is 1. The van der Waals surface area contributed by atoms with Crippen LogP contribution in [0.4, 0.5) is 5.69 Å². The molecule has 114 valence electrons. The molecule has 0 bridgehead atoms. The number of amides is 1. The van der Waals surface area contributed by atoms with Crippen molar-refractivity contribution in [2.24, 2.45) is 5.10 Å². The lowest BCUT2D eigenvalue weighted by Crippen LogP contribution is -2.18. The van der Waals surface area contributed by atoms with Crippen molar-refractivity contribution < 1.29 is 14.6 Å². The van der Waals surface area contributed by atoms with Gasteiger partial charge >= 0.3 is 0 Å². The van der Waals surface area contributed by atoms with Crippen LogP contribution in [0.15, 0.2) is 47.6 Å². The number of carbonyl (C=O) groups is 1. The largest absolute Gasteiger partial charge is 0.504 e. The van der Waals surface area contributed by atoms with E-state index in [1.807, 2.05) is 12.1 Å². The number of anilines is 1. The van der Waals surface area contributed by atoms with E-state index in [1.165, 1.54) is 19.4 Å². The van der Waals surface area contributed by atoms with Gasteiger partial charge in [0.15, 0.2) is 11.5 Å². The van der Waals surface area contributed by atoms with Gasteiger partial charge in [-0.3, -0.25) is 4.79 Å². The monoisotopic (exact) mass is 299 g/mol. The molecule has 0 aliphatic carbocycles. The van der Waals surface area contributed by atoms with E-state index in [9.17, 15) is 9.90 Å². The second kappa shape index (κ2) is 7.12. The fourth-order valence-corrected chi connectivity index (χ4v) is 1.90. The van der Waals surface area contributed by atoms with Crippen molar-refractivity contribution in [1.29, 1.82) is 0 Å². The predicted octanol–water partition coefficient (Wildman–Crippen LogP) is 2.21. The van der Waals surface area contributed by atoms with Gasteiger partial charge in [-0.15, -0.1) is 0 Å². The summed E-state index contributed by atoms with van der Waals surface area (Å²) in [6.07, 6.45) is 1.47. The number of phenols is 1. The third-order valence-electron chi connectivity index (χ3n) is 3.02. The van der Waals surface area contributed by atoms with Gasteiger partial charge in [-0.1, -0.05) is 12.1 Å². The minimum atomic E-state index is -0.313. The van der Waals surface area contributed by atoms with Gasteiger partial charge in [0.1, 0.15) is 0 Å². The van der Waals surface area contributed by atoms with E-state index >= 15 is 0 Å². The van der Waals surface area contributed by atoms with E-state index in [4.69, 9.17) is 4.74 Å². The summed E-state index contributed by atoms with van der Waals surface area (Å²) in [6.45, 7) is 0. The zero-order valence-electron chi connectivity index (χ0n) is 12.3. The van der Waals surface area contributed by atoms with Crippen LogP contribution in [0.2, 0.25) is 0 Å². The van der Waals surface area contributed by atoms with E-state index < -0.39 is 0 Å². The average Bonchev–Trinajstić information content (AvgIpc) is 2.56. The molecule has 0 aromatic heterocycles. The van der Waals surface area contributed by atoms with Crippen molar-refractivity contribution in [3.8, 4) is 11.5 Å². The van der Waals surface area contributed by atoms with Crippen LogP contribution >= 0.6 is 0 Å². The number of hydrazone groups is 1. The van der Waals surface area contributed by atoms with Crippen molar-refractivity contribution in [2.75, 3.05) is 19.5 Å². The lowest BCUT2D eigenvalue weighted by Gasteiger charge is -2.07. The topological polar surface area (TPSA) is 83.0 Å². The average molecular weight is 299 g/mol. The number of ether oxygens (including phenoxy) is 1. The van der Waals surface area contributed by atoms with Crippen molar-refractivity contribution in [1.82, 2.24) is 5.43 Å². The Balaban J connectivity index is 2.07. The smallest absolute Gasteiger partial charge is 0.273 e. The molecule has 0 aliphatic heterocycles. The molecule has 0 atom stereocenters. The van der Waals surface area contributed by atoms with E-state index in [1.54, 1.807) is 31.3 Å². The molecule has 2 rings (SSSR count). The van der Waals surface area contributed by atoms with Crippen LogP contribution in [0, 0.1) is 0 Å². The number of aromatic hydroxyl groups is 1. The number of benzene rings is 2. The molecule has 22 heavy (non-hydrogen) atoms. The molecular weight excluding hydrogens is 282 g/mol. The minimum absolute atomic E-state index is 0.0478. The number of methoxy groups -OCH3 is 1. The zero-order chi connectivity index (χ0) is 15.9. The summed E-state index contributed by atoms with van der Waals surface area (Å²) >= 11 is 0. The Labute approximate surface area is 128 Å². The molecule has 2 aromatic carbocycles. The molecule has 0 unspecified atom stereocenters. The quantitative estimate of drug-likeness (QED) is 0.584. The Morgan fingerprint density at radius 3 is 2.77 bits per heavy atom. The summed E-state index contributed by atoms with van der Waals surface area (Å²) in [5.41, 5.74) is 4.38. The number of hydrogen-bond acceptors (Lipinski definition) is 5. The Hall–Kier alpha value is -3.02. The van der Waals surface area contributed by atoms with Crippen LogP contribution in [0.1, 0.15) is 15.9 Å². The van der Waals surface area contributed by atoms with Gasteiger partial charge in [-0.25, -0.2) is 5.43 Å². The molecule has 0 saturated heterocycles. The third-order valence-corrected chi connectivity index (χ3v) is 3.02. The third kappa shape index (κ3) is 3.54. The number of hydrogen-bond donors (Lipinski definition) is 3. The normalized spacial score (nSPS) is 10.5. The number of rotatable bonds is 5. The Kier molecular flexibility index (Phi) is 4.98. The Morgan fingerprint density at radius 2 is 2.05 bits per heavy atom. The summed E-state index contributed by atoms with van der Waals surface area (Å²) in [5, 5.41) is 16.4. The van der Waals surface area contributed by atoms with Crippen molar-refractivity contribution in [3.63, 3.8) is 0 Å². The molecule has 0 spiro atoms. The molecule has 6 nitrogen and oxygen atoms in total. The minimum Gasteiger partial charge on any atom is -0.504 e. The highest BCUT2D eigenvalue weighted by Crippen LogP contribution is 2.25. The van der Waals surface area contributed by atoms with Crippen molar-refractivity contribution in [3.05, 3.63) is 53.6 Å². The SMILES string of the molecule is CNc1ccccc1C(=O)N/N=C/c1ccc(O)c(OC)c1. The summed E-state index contributed by atoms with van der Waals surface area (Å²) in [7, 11) is 3.21. The molecule has 0 heterocycles. The predicted molar refractivity (Wildman–Crippen MR) is 85.7 cm³/mol. The number of nitrogens with one attached hydrogen (secondary N) is 2. The van der Waals surface area contributed by atoms with Gasteiger partial charge in [0.25, 0.3) is 5.91 Å². The molecule has 0 radical (unpaired) electrons. The highest BCUT2D eigenvalue weighted by molar-refractivity contribution is 5.99. The molecule has 0 fully saturated rings. The highest BCUT2D eigenvalue weighted by Gasteiger charge is 2.08. The number of carbonyl (C=O) groups excluding carboxylic acids is 1. The second-order valence-electron chi connectivity index (χ2n) is 4.43. The van der Waals surface area contributed by atoms with E-state index in [2.05, 4.69) is 15.8 Å². The summed E-state index contributed by atoms with van der Waals surface area (Å²) < 4.78 is 5.01. The van der Waals surface area contributed by atoms with Crippen LogP contribution in [-0.2, 0) is 0 Å². The maximum absolute atomic E-state index is 12.1. The molecular formula is C16H17N3O3. The van der Waals surface area contributed by atoms with Crippen molar-refractivity contribution >= 4 is 17.8 Å². The van der Waals surface area contributed by atoms with Gasteiger partial charge in [-0.05, 0) is 35.9 Å². The van der Waals surface area contributed by atoms with E-state index in [-0.39, 0.29) is 11.7 Å². The summed E-state index contributed by atoms with van der Waals surface area (Å²) in [5.74, 6) is 0.0781. The molecule has 1 amide bonds. The van der Waals surface area contributed by atoms with Crippen LogP contribution < -0.4 is 15.5 Å². The number of phenolic OH excluding ortho intramolecular Hbond substituents is 1. The van der Waals surface area contributed by atoms with Gasteiger partial charge in [-0.2, -0.15) is 5.10 Å². The van der Waals surface area contributed by atoms with Gasteiger partial charge in [0.05, 0.1) is 18.9 Å². The first-order valence-corrected chi connectivity index (χ1v) is 6.63. The maximum Gasteiger partial charge on any atom is 0.273 e. The van der Waals surface area contributed by atoms with Crippen LogP contribution in [-0.4, -0.2) is 31.4 Å². The molecule has 6 heteroatoms. The zero-order valence-corrected chi connectivity index (χ0v) is 12.3. The van der Waals surface area contributed by atoms with Crippen LogP contribution in [0.25, 0.3) is 0 Å². The van der Waals surface area contributed by atoms with Crippen LogP contribution in [0.5, 0.6) is 11.5 Å². The standard InChI is InChI=1S/C16H17N3O3/c1-17-13-6-4-3-5-12(13)16(21)19-18-10-11-7-8-14(20)15(9-11)22-2/h3-10,17,20H,1-2H3,(H,19,21)/b18-10+. The first-order chi connectivity index (χ1) is 10.7. The second-order valence-corrected chi connectivity index (χ2v) is 4.43. The van der Waals surface area contributed by atoms with Crippen molar-refractivity contribution in [2.45, 2.75) is 0 Å². The fraction of sp³-hybridized carbons (Fsp3) is 0.125. The summed E-state index contributed by atoms with van der Waals surface area (Å²) in [4.78, 5) is 12.1. The maximum atomic E-state index is 12.1. The van der Waals surface area contributed by atoms with Gasteiger partial charge < -0.3 is 15.2 Å². The summed E-state index contributed by atoms with van der Waals surface area (Å²) in [6, 6.07) is 11.9. The molecule has 0 saturated carbocycles. The number of nitrogens with zero attached hydrogens (tertiary/aromatic N) is 1.